The van der Waals surface area contributed by atoms with Crippen LogP contribution in [0.5, 0.6) is 0 Å². The van der Waals surface area contributed by atoms with Gasteiger partial charge in [0.1, 0.15) is 0 Å². The first-order chi connectivity index (χ1) is 10.4. The van der Waals surface area contributed by atoms with Gasteiger partial charge in [-0.25, -0.2) is 0 Å². The van der Waals surface area contributed by atoms with E-state index < -0.39 is 0 Å². The molecule has 0 N–H and O–H groups in total. The van der Waals surface area contributed by atoms with Crippen molar-refractivity contribution in [3.05, 3.63) is 65.5 Å². The van der Waals surface area contributed by atoms with E-state index in [1.165, 1.54) is 55.6 Å². The highest BCUT2D eigenvalue weighted by atomic mass is 15.1. The van der Waals surface area contributed by atoms with Gasteiger partial charge in [-0.1, -0.05) is 36.4 Å². The molecule has 108 valence electrons. The summed E-state index contributed by atoms with van der Waals surface area (Å²) in [4.78, 5) is 7.33. The predicted molar refractivity (Wildman–Crippen MR) is 85.2 cm³/mol. The number of hydrogen-bond donors (Lipinski definition) is 0. The molecule has 1 aliphatic heterocycles. The molecule has 21 heavy (non-hydrogen) atoms. The van der Waals surface area contributed by atoms with Gasteiger partial charge in [0.15, 0.2) is 0 Å². The van der Waals surface area contributed by atoms with Gasteiger partial charge < -0.3 is 0 Å². The van der Waals surface area contributed by atoms with Crippen LogP contribution < -0.4 is 0 Å². The normalized spacial score (nSPS) is 20.6. The Morgan fingerprint density at radius 1 is 0.952 bits per heavy atom. The van der Waals surface area contributed by atoms with Crippen LogP contribution >= 0.6 is 0 Å². The summed E-state index contributed by atoms with van der Waals surface area (Å²) >= 11 is 0. The number of rotatable bonds is 2. The number of benzene rings is 1. The summed E-state index contributed by atoms with van der Waals surface area (Å²) < 4.78 is 0. The van der Waals surface area contributed by atoms with E-state index in [2.05, 4.69) is 47.4 Å². The number of aryl methyl sites for hydroxylation is 1. The topological polar surface area (TPSA) is 16.1 Å². The summed E-state index contributed by atoms with van der Waals surface area (Å²) in [5.74, 6) is 0. The first-order valence-electron chi connectivity index (χ1n) is 8.06. The van der Waals surface area contributed by atoms with Crippen molar-refractivity contribution < 1.29 is 0 Å². The molecule has 4 rings (SSSR count). The lowest BCUT2D eigenvalue weighted by molar-refractivity contribution is 0.150. The molecule has 1 aromatic heterocycles. The first kappa shape index (κ1) is 13.0. The molecule has 2 aliphatic rings. The molecule has 2 heterocycles. The van der Waals surface area contributed by atoms with Crippen LogP contribution in [0.1, 0.15) is 36.1 Å². The molecule has 0 unspecified atom stereocenters. The van der Waals surface area contributed by atoms with E-state index in [0.717, 1.165) is 6.54 Å². The zero-order valence-corrected chi connectivity index (χ0v) is 12.5. The lowest BCUT2D eigenvalue weighted by atomic mass is 9.76. The van der Waals surface area contributed by atoms with Gasteiger partial charge in [-0.15, -0.1) is 0 Å². The molecule has 1 fully saturated rings. The number of aromatic nitrogens is 1. The summed E-state index contributed by atoms with van der Waals surface area (Å²) in [5.41, 5.74) is 4.71. The summed E-state index contributed by atoms with van der Waals surface area (Å²) in [6, 6.07) is 15.2. The maximum atomic E-state index is 4.73. The highest BCUT2D eigenvalue weighted by molar-refractivity contribution is 5.34. The van der Waals surface area contributed by atoms with E-state index >= 15 is 0 Å². The maximum Gasteiger partial charge on any atom is 0.0498 e. The predicted octanol–water partition coefficient (Wildman–Crippen LogP) is 3.56. The van der Waals surface area contributed by atoms with Crippen LogP contribution in [0.25, 0.3) is 0 Å². The van der Waals surface area contributed by atoms with E-state index in [0.29, 0.717) is 5.41 Å². The van der Waals surface area contributed by atoms with E-state index in [-0.39, 0.29) is 0 Å². The SMILES string of the molecule is c1ccc(CN2CCC3(CCc4cccnc43)CC2)cc1. The largest absolute Gasteiger partial charge is 0.299 e. The van der Waals surface area contributed by atoms with Crippen LogP contribution in [0.2, 0.25) is 0 Å². The summed E-state index contributed by atoms with van der Waals surface area (Å²) in [7, 11) is 0. The van der Waals surface area contributed by atoms with Gasteiger partial charge in [-0.3, -0.25) is 9.88 Å². The van der Waals surface area contributed by atoms with Crippen LogP contribution in [0.3, 0.4) is 0 Å². The highest BCUT2D eigenvalue weighted by Gasteiger charge is 2.42. The average Bonchev–Trinajstić information content (AvgIpc) is 2.90. The Bertz CT molecular complexity index is 612. The Morgan fingerprint density at radius 3 is 2.57 bits per heavy atom. The van der Waals surface area contributed by atoms with Crippen molar-refractivity contribution in [2.45, 2.75) is 37.6 Å². The third kappa shape index (κ3) is 2.38. The van der Waals surface area contributed by atoms with Crippen LogP contribution in [0, 0.1) is 0 Å². The molecule has 2 aromatic rings. The molecule has 0 amide bonds. The molecule has 2 heteroatoms. The molecular formula is C19H22N2. The molecule has 0 radical (unpaired) electrons. The minimum Gasteiger partial charge on any atom is -0.299 e. The molecule has 0 saturated carbocycles. The van der Waals surface area contributed by atoms with E-state index in [9.17, 15) is 0 Å². The average molecular weight is 278 g/mol. The first-order valence-corrected chi connectivity index (χ1v) is 8.06. The van der Waals surface area contributed by atoms with Crippen molar-refractivity contribution in [3.63, 3.8) is 0 Å². The standard InChI is InChI=1S/C19H22N2/c1-2-5-16(6-3-1)15-21-13-10-19(11-14-21)9-8-17-7-4-12-20-18(17)19/h1-7,12H,8-11,13-15H2. The smallest absolute Gasteiger partial charge is 0.0498 e. The summed E-state index contributed by atoms with van der Waals surface area (Å²) in [5, 5.41) is 0. The molecule has 1 saturated heterocycles. The monoisotopic (exact) mass is 278 g/mol. The Balaban J connectivity index is 1.46. The van der Waals surface area contributed by atoms with Crippen molar-refractivity contribution >= 4 is 0 Å². The number of likely N-dealkylation sites (tertiary alicyclic amines) is 1. The Kier molecular flexibility index (Phi) is 3.27. The fourth-order valence-corrected chi connectivity index (χ4v) is 4.08. The number of pyridine rings is 1. The number of piperidine rings is 1. The van der Waals surface area contributed by atoms with Gasteiger partial charge in [-0.2, -0.15) is 0 Å². The van der Waals surface area contributed by atoms with Crippen molar-refractivity contribution in [2.24, 2.45) is 0 Å². The fourth-order valence-electron chi connectivity index (χ4n) is 4.08. The van der Waals surface area contributed by atoms with Gasteiger partial charge in [-0.05, 0) is 56.0 Å². The lowest BCUT2D eigenvalue weighted by Gasteiger charge is -2.39. The van der Waals surface area contributed by atoms with E-state index in [1.54, 1.807) is 0 Å². The zero-order valence-electron chi connectivity index (χ0n) is 12.5. The van der Waals surface area contributed by atoms with Gasteiger partial charge in [0.05, 0.1) is 0 Å². The molecule has 2 nitrogen and oxygen atoms in total. The third-order valence-corrected chi connectivity index (χ3v) is 5.33. The summed E-state index contributed by atoms with van der Waals surface area (Å²) in [6.07, 6.45) is 7.04. The highest BCUT2D eigenvalue weighted by Crippen LogP contribution is 2.45. The third-order valence-electron chi connectivity index (χ3n) is 5.33. The van der Waals surface area contributed by atoms with E-state index in [4.69, 9.17) is 4.98 Å². The molecule has 0 atom stereocenters. The van der Waals surface area contributed by atoms with Crippen molar-refractivity contribution in [1.29, 1.82) is 0 Å². The van der Waals surface area contributed by atoms with Crippen molar-refractivity contribution in [3.8, 4) is 0 Å². The lowest BCUT2D eigenvalue weighted by Crippen LogP contribution is -2.41. The maximum absolute atomic E-state index is 4.73. The molecule has 1 spiro atoms. The van der Waals surface area contributed by atoms with Crippen LogP contribution in [0.4, 0.5) is 0 Å². The molecule has 1 aromatic carbocycles. The molecular weight excluding hydrogens is 256 g/mol. The van der Waals surface area contributed by atoms with Gasteiger partial charge in [0.2, 0.25) is 0 Å². The van der Waals surface area contributed by atoms with Crippen molar-refractivity contribution in [2.75, 3.05) is 13.1 Å². The summed E-state index contributed by atoms with van der Waals surface area (Å²) in [6.45, 7) is 3.49. The van der Waals surface area contributed by atoms with Gasteiger partial charge >= 0.3 is 0 Å². The quantitative estimate of drug-likeness (QED) is 0.835. The second-order valence-corrected chi connectivity index (χ2v) is 6.55. The number of hydrogen-bond acceptors (Lipinski definition) is 2. The van der Waals surface area contributed by atoms with Crippen LogP contribution in [-0.2, 0) is 18.4 Å². The van der Waals surface area contributed by atoms with Crippen LogP contribution in [-0.4, -0.2) is 23.0 Å². The van der Waals surface area contributed by atoms with E-state index in [1.807, 2.05) is 6.20 Å². The Hall–Kier alpha value is -1.67. The molecule has 1 aliphatic carbocycles. The second kappa shape index (κ2) is 5.27. The minimum atomic E-state index is 0.379. The Morgan fingerprint density at radius 2 is 1.76 bits per heavy atom. The van der Waals surface area contributed by atoms with Gasteiger partial charge in [0, 0.05) is 23.9 Å². The van der Waals surface area contributed by atoms with Crippen LogP contribution in [0.15, 0.2) is 48.7 Å². The van der Waals surface area contributed by atoms with Gasteiger partial charge in [0.25, 0.3) is 0 Å². The number of fused-ring (bicyclic) bond motifs is 2. The Labute approximate surface area is 126 Å². The number of nitrogens with zero attached hydrogens (tertiary/aromatic N) is 2. The minimum absolute atomic E-state index is 0.379. The second-order valence-electron chi connectivity index (χ2n) is 6.55. The fraction of sp³-hybridized carbons (Fsp3) is 0.421. The molecule has 0 bridgehead atoms. The van der Waals surface area contributed by atoms with Crippen molar-refractivity contribution in [1.82, 2.24) is 9.88 Å². The zero-order chi connectivity index (χ0) is 14.1.